The topological polar surface area (TPSA) is 38.4 Å². The van der Waals surface area contributed by atoms with Crippen molar-refractivity contribution < 1.29 is 0 Å². The maximum atomic E-state index is 5.37. The van der Waals surface area contributed by atoms with E-state index in [1.165, 1.54) is 16.3 Å². The molecule has 55 heavy (non-hydrogen) atoms. The van der Waals surface area contributed by atoms with Crippen molar-refractivity contribution in [2.24, 2.45) is 0 Å². The fraction of sp³-hybridized carbons (Fsp3) is 0. The van der Waals surface area contributed by atoms with E-state index in [9.17, 15) is 0 Å². The highest BCUT2D eigenvalue weighted by molar-refractivity contribution is 6.10. The molecule has 3 heterocycles. The third kappa shape index (κ3) is 5.09. The van der Waals surface area contributed by atoms with Crippen molar-refractivity contribution in [3.05, 3.63) is 200 Å². The van der Waals surface area contributed by atoms with Gasteiger partial charge in [-0.25, -0.2) is 9.97 Å². The van der Waals surface area contributed by atoms with Gasteiger partial charge in [0, 0.05) is 33.2 Å². The number of rotatable bonds is 6. The second kappa shape index (κ2) is 12.6. The maximum Gasteiger partial charge on any atom is 0.221 e. The van der Waals surface area contributed by atoms with Gasteiger partial charge in [0.1, 0.15) is 5.65 Å². The molecular formula is C50H33N5. The Morgan fingerprint density at radius 1 is 0.345 bits per heavy atom. The summed E-state index contributed by atoms with van der Waals surface area (Å²) < 4.78 is 4.53. The minimum atomic E-state index is 0.819. The smallest absolute Gasteiger partial charge is 0.221 e. The summed E-state index contributed by atoms with van der Waals surface area (Å²) in [5.74, 6) is 0.819. The van der Waals surface area contributed by atoms with E-state index in [2.05, 4.69) is 202 Å². The van der Waals surface area contributed by atoms with Gasteiger partial charge in [-0.05, 0) is 101 Å². The molecule has 0 saturated heterocycles. The number of hydrogen-bond donors (Lipinski definition) is 0. The van der Waals surface area contributed by atoms with Gasteiger partial charge in [-0.3, -0.25) is 8.97 Å². The third-order valence-electron chi connectivity index (χ3n) is 10.7. The summed E-state index contributed by atoms with van der Waals surface area (Å²) in [7, 11) is 0. The van der Waals surface area contributed by atoms with Crippen molar-refractivity contribution in [3.8, 4) is 28.2 Å². The molecule has 8 aromatic carbocycles. The molecule has 5 nitrogen and oxygen atoms in total. The molecule has 0 fully saturated rings. The van der Waals surface area contributed by atoms with Crippen molar-refractivity contribution in [1.82, 2.24) is 18.9 Å². The Labute approximate surface area is 317 Å². The Morgan fingerprint density at radius 2 is 0.891 bits per heavy atom. The Balaban J connectivity index is 1.05. The summed E-state index contributed by atoms with van der Waals surface area (Å²) in [4.78, 5) is 12.8. The Morgan fingerprint density at radius 3 is 1.64 bits per heavy atom. The summed E-state index contributed by atoms with van der Waals surface area (Å²) in [5, 5.41) is 3.40. The average Bonchev–Trinajstić information content (AvgIpc) is 3.81. The lowest BCUT2D eigenvalue weighted by Crippen LogP contribution is -2.09. The van der Waals surface area contributed by atoms with Crippen LogP contribution >= 0.6 is 0 Å². The fourth-order valence-electron chi connectivity index (χ4n) is 8.13. The zero-order valence-electron chi connectivity index (χ0n) is 29.8. The van der Waals surface area contributed by atoms with Crippen molar-refractivity contribution in [2.45, 2.75) is 0 Å². The Kier molecular flexibility index (Phi) is 7.10. The van der Waals surface area contributed by atoms with Crippen molar-refractivity contribution in [3.63, 3.8) is 0 Å². The normalized spacial score (nSPS) is 11.6. The molecule has 11 aromatic rings. The number of imidazole rings is 1. The highest BCUT2D eigenvalue weighted by Gasteiger charge is 2.20. The first-order chi connectivity index (χ1) is 27.3. The number of aromatic nitrogens is 4. The molecule has 0 radical (unpaired) electrons. The van der Waals surface area contributed by atoms with E-state index in [1.807, 2.05) is 12.1 Å². The van der Waals surface area contributed by atoms with E-state index in [-0.39, 0.29) is 0 Å². The van der Waals surface area contributed by atoms with Gasteiger partial charge in [0.25, 0.3) is 0 Å². The largest absolute Gasteiger partial charge is 0.311 e. The number of fused-ring (bicyclic) bond motifs is 8. The van der Waals surface area contributed by atoms with Gasteiger partial charge in [-0.1, -0.05) is 121 Å². The minimum Gasteiger partial charge on any atom is -0.311 e. The molecule has 0 N–H and O–H groups in total. The van der Waals surface area contributed by atoms with Crippen LogP contribution in [0.2, 0.25) is 0 Å². The number of para-hydroxylation sites is 6. The zero-order chi connectivity index (χ0) is 36.3. The summed E-state index contributed by atoms with van der Waals surface area (Å²) in [6.07, 6.45) is 0. The molecule has 258 valence electrons. The third-order valence-corrected chi connectivity index (χ3v) is 10.7. The van der Waals surface area contributed by atoms with E-state index in [0.717, 1.165) is 78.3 Å². The molecule has 0 aliphatic rings. The van der Waals surface area contributed by atoms with Crippen LogP contribution in [0.1, 0.15) is 0 Å². The molecule has 0 unspecified atom stereocenters. The van der Waals surface area contributed by atoms with Gasteiger partial charge < -0.3 is 4.90 Å². The predicted octanol–water partition coefficient (Wildman–Crippen LogP) is 12.9. The van der Waals surface area contributed by atoms with Crippen LogP contribution in [0.3, 0.4) is 0 Å². The molecule has 0 amide bonds. The molecule has 11 rings (SSSR count). The number of benzene rings is 8. The van der Waals surface area contributed by atoms with Crippen LogP contribution < -0.4 is 4.90 Å². The first kappa shape index (κ1) is 31.1. The molecule has 0 aliphatic carbocycles. The quantitative estimate of drug-likeness (QED) is 0.173. The second-order valence-corrected chi connectivity index (χ2v) is 13.9. The monoisotopic (exact) mass is 703 g/mol. The zero-order valence-corrected chi connectivity index (χ0v) is 29.8. The van der Waals surface area contributed by atoms with Crippen LogP contribution in [0.15, 0.2) is 200 Å². The van der Waals surface area contributed by atoms with Gasteiger partial charge in [0.2, 0.25) is 5.95 Å². The fourth-order valence-corrected chi connectivity index (χ4v) is 8.13. The van der Waals surface area contributed by atoms with Gasteiger partial charge in [0.05, 0.1) is 27.6 Å². The summed E-state index contributed by atoms with van der Waals surface area (Å²) >= 11 is 0. The predicted molar refractivity (Wildman–Crippen MR) is 228 cm³/mol. The molecule has 5 heteroatoms. The average molecular weight is 704 g/mol. The Bertz CT molecular complexity index is 3160. The highest BCUT2D eigenvalue weighted by Crippen LogP contribution is 2.38. The standard InChI is InChI=1S/C50H33N5/c1-3-16-38(17-4-1)53(39-18-5-2-6-19-39)40-29-26-34(27-30-40)35-14-13-15-36(32-35)37-28-31-42-41-20-8-11-24-46(41)54(48(42)33-37)50-52-44-22-9-7-21-43(44)49-51-45-23-10-12-25-47(45)55(49)50/h1-33H. The van der Waals surface area contributed by atoms with E-state index in [4.69, 9.17) is 9.97 Å². The maximum absolute atomic E-state index is 5.37. The molecule has 0 saturated carbocycles. The van der Waals surface area contributed by atoms with E-state index in [0.29, 0.717) is 0 Å². The lowest BCUT2D eigenvalue weighted by molar-refractivity contribution is 0.979. The van der Waals surface area contributed by atoms with Gasteiger partial charge in [-0.15, -0.1) is 0 Å². The Hall–Kier alpha value is -7.50. The van der Waals surface area contributed by atoms with E-state index < -0.39 is 0 Å². The van der Waals surface area contributed by atoms with Crippen LogP contribution in [0.4, 0.5) is 17.1 Å². The van der Waals surface area contributed by atoms with Crippen LogP contribution in [0, 0.1) is 0 Å². The van der Waals surface area contributed by atoms with Gasteiger partial charge in [-0.2, -0.15) is 0 Å². The first-order valence-corrected chi connectivity index (χ1v) is 18.6. The number of hydrogen-bond acceptors (Lipinski definition) is 3. The molecule has 0 atom stereocenters. The molecular weight excluding hydrogens is 671 g/mol. The van der Waals surface area contributed by atoms with Crippen LogP contribution in [-0.2, 0) is 0 Å². The van der Waals surface area contributed by atoms with E-state index >= 15 is 0 Å². The van der Waals surface area contributed by atoms with Crippen molar-refractivity contribution in [2.75, 3.05) is 4.90 Å². The second-order valence-electron chi connectivity index (χ2n) is 13.9. The van der Waals surface area contributed by atoms with Crippen LogP contribution in [0.25, 0.3) is 77.6 Å². The minimum absolute atomic E-state index is 0.819. The molecule has 0 spiro atoms. The van der Waals surface area contributed by atoms with Crippen LogP contribution in [-0.4, -0.2) is 18.9 Å². The molecule has 0 bridgehead atoms. The molecule has 3 aromatic heterocycles. The lowest BCUT2D eigenvalue weighted by Gasteiger charge is -2.25. The first-order valence-electron chi connectivity index (χ1n) is 18.6. The summed E-state index contributed by atoms with van der Waals surface area (Å²) in [5.41, 5.74) is 14.0. The van der Waals surface area contributed by atoms with Crippen molar-refractivity contribution in [1.29, 1.82) is 0 Å². The lowest BCUT2D eigenvalue weighted by atomic mass is 9.98. The highest BCUT2D eigenvalue weighted by atomic mass is 15.2. The summed E-state index contributed by atoms with van der Waals surface area (Å²) in [6, 6.07) is 70.8. The summed E-state index contributed by atoms with van der Waals surface area (Å²) in [6.45, 7) is 0. The SMILES string of the molecule is c1ccc(N(c2ccccc2)c2ccc(-c3cccc(-c4ccc5c6ccccc6n(-c6nc7ccccc7c7nc8ccccc8n67)c5c4)c3)cc2)cc1. The number of anilines is 3. The van der Waals surface area contributed by atoms with Gasteiger partial charge in [0.15, 0.2) is 0 Å². The van der Waals surface area contributed by atoms with Gasteiger partial charge >= 0.3 is 0 Å². The van der Waals surface area contributed by atoms with Crippen molar-refractivity contribution >= 4 is 66.5 Å². The van der Waals surface area contributed by atoms with E-state index in [1.54, 1.807) is 0 Å². The number of nitrogens with zero attached hydrogens (tertiary/aromatic N) is 5. The molecule has 0 aliphatic heterocycles. The van der Waals surface area contributed by atoms with Crippen LogP contribution in [0.5, 0.6) is 0 Å².